The largest absolute Gasteiger partial charge is 0.301 e. The first-order valence-corrected chi connectivity index (χ1v) is 6.27. The average molecular weight is 261 g/mol. The van der Waals surface area contributed by atoms with Gasteiger partial charge in [0, 0.05) is 6.92 Å². The molecule has 19 heavy (non-hydrogen) atoms. The summed E-state index contributed by atoms with van der Waals surface area (Å²) in [5, 5.41) is 2.94. The molecule has 0 aliphatic rings. The normalized spacial score (nSPS) is 11.8. The molecule has 2 aromatic carbocycles. The van der Waals surface area contributed by atoms with Crippen LogP contribution in [-0.4, -0.2) is 12.5 Å². The lowest BCUT2D eigenvalue weighted by molar-refractivity contribution is 0.0210. The smallest absolute Gasteiger partial charge is 0.257 e. The summed E-state index contributed by atoms with van der Waals surface area (Å²) in [4.78, 5) is 0. The van der Waals surface area contributed by atoms with E-state index in [-0.39, 0.29) is 12.6 Å². The van der Waals surface area contributed by atoms with E-state index in [4.69, 9.17) is 0 Å². The lowest BCUT2D eigenvalue weighted by Gasteiger charge is -2.22. The first kappa shape index (κ1) is 13.7. The second kappa shape index (κ2) is 5.93. The van der Waals surface area contributed by atoms with Crippen molar-refractivity contribution in [3.63, 3.8) is 0 Å². The van der Waals surface area contributed by atoms with Crippen molar-refractivity contribution in [3.05, 3.63) is 71.8 Å². The molecule has 0 aliphatic carbocycles. The van der Waals surface area contributed by atoms with E-state index in [1.165, 1.54) is 0 Å². The van der Waals surface area contributed by atoms with Gasteiger partial charge in [-0.2, -0.15) is 0 Å². The molecule has 2 aromatic rings. The molecule has 0 fully saturated rings. The van der Waals surface area contributed by atoms with Gasteiger partial charge in [0.05, 0.1) is 12.6 Å². The van der Waals surface area contributed by atoms with Gasteiger partial charge in [-0.3, -0.25) is 0 Å². The van der Waals surface area contributed by atoms with E-state index < -0.39 is 5.92 Å². The van der Waals surface area contributed by atoms with Gasteiger partial charge < -0.3 is 5.32 Å². The zero-order valence-corrected chi connectivity index (χ0v) is 10.8. The molecular formula is C16H17F2N. The van der Waals surface area contributed by atoms with Crippen molar-refractivity contribution in [3.8, 4) is 0 Å². The minimum absolute atomic E-state index is 0.215. The number of hydrogen-bond donors (Lipinski definition) is 1. The summed E-state index contributed by atoms with van der Waals surface area (Å²) in [6, 6.07) is 19.0. The maximum absolute atomic E-state index is 13.1. The van der Waals surface area contributed by atoms with Gasteiger partial charge in [0.25, 0.3) is 5.92 Å². The molecule has 2 rings (SSSR count). The van der Waals surface area contributed by atoms with Gasteiger partial charge in [0.1, 0.15) is 0 Å². The molecule has 0 unspecified atom stereocenters. The van der Waals surface area contributed by atoms with Crippen LogP contribution in [-0.2, 0) is 0 Å². The number of rotatable bonds is 5. The molecule has 0 atom stereocenters. The second-order valence-electron chi connectivity index (χ2n) is 4.71. The fourth-order valence-electron chi connectivity index (χ4n) is 2.00. The Morgan fingerprint density at radius 1 is 0.895 bits per heavy atom. The Kier molecular flexibility index (Phi) is 4.27. The maximum atomic E-state index is 13.1. The minimum atomic E-state index is -2.72. The van der Waals surface area contributed by atoms with Gasteiger partial charge in [-0.25, -0.2) is 8.78 Å². The molecule has 0 aromatic heterocycles. The lowest BCUT2D eigenvalue weighted by atomic mass is 9.98. The van der Waals surface area contributed by atoms with Crippen molar-refractivity contribution >= 4 is 0 Å². The van der Waals surface area contributed by atoms with Crippen molar-refractivity contribution in [2.75, 3.05) is 6.54 Å². The van der Waals surface area contributed by atoms with Crippen LogP contribution in [0.1, 0.15) is 24.1 Å². The van der Waals surface area contributed by atoms with Gasteiger partial charge in [-0.15, -0.1) is 0 Å². The molecular weight excluding hydrogens is 244 g/mol. The summed E-state index contributed by atoms with van der Waals surface area (Å²) in [6.45, 7) is 0.578. The Labute approximate surface area is 112 Å². The number of nitrogens with one attached hydrogen (secondary N) is 1. The van der Waals surface area contributed by atoms with Gasteiger partial charge in [0.15, 0.2) is 0 Å². The molecule has 0 saturated heterocycles. The Balaban J connectivity index is 2.24. The Morgan fingerprint density at radius 2 is 1.32 bits per heavy atom. The molecule has 0 heterocycles. The number of alkyl halides is 2. The van der Waals surface area contributed by atoms with E-state index in [0.717, 1.165) is 18.1 Å². The molecule has 1 nitrogen and oxygen atoms in total. The van der Waals surface area contributed by atoms with Crippen molar-refractivity contribution in [2.24, 2.45) is 0 Å². The van der Waals surface area contributed by atoms with Crippen LogP contribution in [0, 0.1) is 0 Å². The summed E-state index contributed by atoms with van der Waals surface area (Å²) in [6.07, 6.45) is 0. The fraction of sp³-hybridized carbons (Fsp3) is 0.250. The van der Waals surface area contributed by atoms with Gasteiger partial charge in [-0.1, -0.05) is 60.7 Å². The van der Waals surface area contributed by atoms with E-state index in [0.29, 0.717) is 0 Å². The third kappa shape index (κ3) is 4.14. The van der Waals surface area contributed by atoms with E-state index in [1.54, 1.807) is 0 Å². The second-order valence-corrected chi connectivity index (χ2v) is 4.71. The number of hydrogen-bond acceptors (Lipinski definition) is 1. The first-order valence-electron chi connectivity index (χ1n) is 6.27. The van der Waals surface area contributed by atoms with Crippen LogP contribution in [0.2, 0.25) is 0 Å². The topological polar surface area (TPSA) is 12.0 Å². The van der Waals surface area contributed by atoms with Gasteiger partial charge in [0.2, 0.25) is 0 Å². The van der Waals surface area contributed by atoms with Crippen LogP contribution in [0.4, 0.5) is 8.78 Å². The average Bonchev–Trinajstić information content (AvgIpc) is 2.40. The van der Waals surface area contributed by atoms with E-state index in [9.17, 15) is 8.78 Å². The molecule has 3 heteroatoms. The molecule has 1 N–H and O–H groups in total. The minimum Gasteiger partial charge on any atom is -0.301 e. The maximum Gasteiger partial charge on any atom is 0.257 e. The highest BCUT2D eigenvalue weighted by atomic mass is 19.3. The monoisotopic (exact) mass is 261 g/mol. The molecule has 0 radical (unpaired) electrons. The molecule has 100 valence electrons. The van der Waals surface area contributed by atoms with Gasteiger partial charge >= 0.3 is 0 Å². The molecule has 0 aliphatic heterocycles. The zero-order chi connectivity index (χ0) is 13.7. The van der Waals surface area contributed by atoms with Crippen LogP contribution in [0.5, 0.6) is 0 Å². The Morgan fingerprint density at radius 3 is 1.68 bits per heavy atom. The summed E-state index contributed by atoms with van der Waals surface area (Å²) >= 11 is 0. The van der Waals surface area contributed by atoms with Crippen molar-refractivity contribution in [1.82, 2.24) is 5.32 Å². The van der Waals surface area contributed by atoms with Crippen LogP contribution >= 0.6 is 0 Å². The third-order valence-corrected chi connectivity index (χ3v) is 2.88. The van der Waals surface area contributed by atoms with E-state index in [1.807, 2.05) is 60.7 Å². The summed E-state index contributed by atoms with van der Waals surface area (Å²) in [5.41, 5.74) is 1.97. The highest BCUT2D eigenvalue weighted by molar-refractivity contribution is 5.31. The standard InChI is InChI=1S/C16H17F2N/c1-16(17,18)12-19-15(13-8-4-2-5-9-13)14-10-6-3-7-11-14/h2-11,15,19H,12H2,1H3. The highest BCUT2D eigenvalue weighted by Crippen LogP contribution is 2.23. The predicted molar refractivity (Wildman–Crippen MR) is 73.4 cm³/mol. The molecule has 0 saturated carbocycles. The van der Waals surface area contributed by atoms with Crippen molar-refractivity contribution in [1.29, 1.82) is 0 Å². The molecule has 0 bridgehead atoms. The van der Waals surface area contributed by atoms with E-state index in [2.05, 4.69) is 5.32 Å². The summed E-state index contributed by atoms with van der Waals surface area (Å²) in [7, 11) is 0. The van der Waals surface area contributed by atoms with Gasteiger partial charge in [-0.05, 0) is 11.1 Å². The molecule has 0 spiro atoms. The lowest BCUT2D eigenvalue weighted by Crippen LogP contribution is -2.33. The van der Waals surface area contributed by atoms with E-state index >= 15 is 0 Å². The quantitative estimate of drug-likeness (QED) is 0.857. The Hall–Kier alpha value is -1.74. The van der Waals surface area contributed by atoms with Crippen LogP contribution < -0.4 is 5.32 Å². The number of halogens is 2. The van der Waals surface area contributed by atoms with Crippen molar-refractivity contribution < 1.29 is 8.78 Å². The third-order valence-electron chi connectivity index (χ3n) is 2.88. The Bertz CT molecular complexity index is 452. The number of benzene rings is 2. The summed E-state index contributed by atoms with van der Waals surface area (Å²) < 4.78 is 26.1. The van der Waals surface area contributed by atoms with Crippen molar-refractivity contribution in [2.45, 2.75) is 18.9 Å². The predicted octanol–water partition coefficient (Wildman–Crippen LogP) is 4.02. The highest BCUT2D eigenvalue weighted by Gasteiger charge is 2.23. The zero-order valence-electron chi connectivity index (χ0n) is 10.8. The van der Waals surface area contributed by atoms with Crippen LogP contribution in [0.25, 0.3) is 0 Å². The summed E-state index contributed by atoms with van der Waals surface area (Å²) in [5.74, 6) is -2.72. The first-order chi connectivity index (χ1) is 9.06. The van der Waals surface area contributed by atoms with Crippen LogP contribution in [0.15, 0.2) is 60.7 Å². The fourth-order valence-corrected chi connectivity index (χ4v) is 2.00. The SMILES string of the molecule is CC(F)(F)CNC(c1ccccc1)c1ccccc1. The molecule has 0 amide bonds. The van der Waals surface area contributed by atoms with Crippen LogP contribution in [0.3, 0.4) is 0 Å².